The van der Waals surface area contributed by atoms with Crippen LogP contribution in [0.2, 0.25) is 0 Å². The number of nitrogens with zero attached hydrogens (tertiary/aromatic N) is 3. The lowest BCUT2D eigenvalue weighted by atomic mass is 9.98. The number of aromatic nitrogens is 2. The number of aryl methyl sites for hydroxylation is 1. The zero-order valence-electron chi connectivity index (χ0n) is 13.5. The standard InChI is InChI=1S/C18H21FN4O/c19-14-5-1-2-6-16(14)23-10-7-15(18(23)24)21-12-13-4-3-9-22-11-8-20-17(13)22/h1-2,5-6,8,11,13,15,21H,3-4,7,9-10,12H2/t13-,15-/m0/s1. The molecular formula is C18H21FN4O. The molecule has 0 spiro atoms. The number of fused-ring (bicyclic) bond motifs is 1. The van der Waals surface area contributed by atoms with Gasteiger partial charge in [-0.3, -0.25) is 4.79 Å². The Morgan fingerprint density at radius 3 is 3.00 bits per heavy atom. The molecule has 0 bridgehead atoms. The van der Waals surface area contributed by atoms with Gasteiger partial charge in [0.15, 0.2) is 0 Å². The van der Waals surface area contributed by atoms with Gasteiger partial charge in [-0.2, -0.15) is 0 Å². The Balaban J connectivity index is 1.41. The largest absolute Gasteiger partial charge is 0.335 e. The zero-order chi connectivity index (χ0) is 16.5. The molecule has 1 aromatic heterocycles. The zero-order valence-corrected chi connectivity index (χ0v) is 13.5. The molecule has 0 aliphatic carbocycles. The van der Waals surface area contributed by atoms with E-state index in [1.807, 2.05) is 12.4 Å². The third-order valence-corrected chi connectivity index (χ3v) is 5.02. The molecule has 1 N–H and O–H groups in total. The molecule has 1 fully saturated rings. The van der Waals surface area contributed by atoms with Crippen LogP contribution in [0.3, 0.4) is 0 Å². The third kappa shape index (κ3) is 2.71. The van der Waals surface area contributed by atoms with E-state index in [0.29, 0.717) is 24.6 Å². The van der Waals surface area contributed by atoms with Crippen LogP contribution in [0.1, 0.15) is 31.0 Å². The third-order valence-electron chi connectivity index (χ3n) is 5.02. The van der Waals surface area contributed by atoms with Crippen molar-refractivity contribution in [2.75, 3.05) is 18.0 Å². The first-order valence-electron chi connectivity index (χ1n) is 8.54. The van der Waals surface area contributed by atoms with Crippen LogP contribution in [0.4, 0.5) is 10.1 Å². The van der Waals surface area contributed by atoms with Crippen LogP contribution in [0.25, 0.3) is 0 Å². The summed E-state index contributed by atoms with van der Waals surface area (Å²) >= 11 is 0. The van der Waals surface area contributed by atoms with Crippen LogP contribution >= 0.6 is 0 Å². The molecule has 1 saturated heterocycles. The quantitative estimate of drug-likeness (QED) is 0.937. The Morgan fingerprint density at radius 1 is 1.25 bits per heavy atom. The van der Waals surface area contributed by atoms with Crippen LogP contribution < -0.4 is 10.2 Å². The van der Waals surface area contributed by atoms with Gasteiger partial charge in [-0.05, 0) is 31.4 Å². The molecule has 1 aromatic carbocycles. The number of carbonyl (C=O) groups excluding carboxylic acids is 1. The molecule has 24 heavy (non-hydrogen) atoms. The molecule has 2 aromatic rings. The highest BCUT2D eigenvalue weighted by Gasteiger charge is 2.34. The van der Waals surface area contributed by atoms with Crippen molar-refractivity contribution in [1.29, 1.82) is 0 Å². The lowest BCUT2D eigenvalue weighted by molar-refractivity contribution is -0.118. The van der Waals surface area contributed by atoms with Crippen LogP contribution in [-0.2, 0) is 11.3 Å². The summed E-state index contributed by atoms with van der Waals surface area (Å²) in [6, 6.07) is 6.21. The topological polar surface area (TPSA) is 50.2 Å². The molecule has 1 amide bonds. The van der Waals surface area contributed by atoms with E-state index in [0.717, 1.165) is 31.8 Å². The van der Waals surface area contributed by atoms with E-state index < -0.39 is 0 Å². The van der Waals surface area contributed by atoms with Crippen molar-refractivity contribution in [2.45, 2.75) is 37.8 Å². The van der Waals surface area contributed by atoms with E-state index in [1.54, 1.807) is 23.1 Å². The van der Waals surface area contributed by atoms with Crippen LogP contribution in [-0.4, -0.2) is 34.6 Å². The first kappa shape index (κ1) is 15.3. The monoisotopic (exact) mass is 328 g/mol. The van der Waals surface area contributed by atoms with Gasteiger partial charge in [0.1, 0.15) is 11.6 Å². The number of benzene rings is 1. The number of rotatable bonds is 4. The average molecular weight is 328 g/mol. The Morgan fingerprint density at radius 2 is 2.12 bits per heavy atom. The van der Waals surface area contributed by atoms with Crippen molar-refractivity contribution in [1.82, 2.24) is 14.9 Å². The number of hydrogen-bond donors (Lipinski definition) is 1. The molecule has 6 heteroatoms. The molecule has 4 rings (SSSR count). The van der Waals surface area contributed by atoms with E-state index in [4.69, 9.17) is 0 Å². The first-order valence-corrected chi connectivity index (χ1v) is 8.54. The summed E-state index contributed by atoms with van der Waals surface area (Å²) in [6.07, 6.45) is 6.78. The van der Waals surface area contributed by atoms with Gasteiger partial charge in [0.05, 0.1) is 11.7 Å². The fourth-order valence-electron chi connectivity index (χ4n) is 3.76. The van der Waals surface area contributed by atoms with Gasteiger partial charge in [0.25, 0.3) is 0 Å². The number of para-hydroxylation sites is 1. The van der Waals surface area contributed by atoms with Gasteiger partial charge in [-0.15, -0.1) is 0 Å². The second-order valence-electron chi connectivity index (χ2n) is 6.51. The van der Waals surface area contributed by atoms with E-state index in [1.165, 1.54) is 6.07 Å². The molecule has 126 valence electrons. The number of anilines is 1. The molecule has 2 atom stereocenters. The summed E-state index contributed by atoms with van der Waals surface area (Å²) in [7, 11) is 0. The second-order valence-corrected chi connectivity index (χ2v) is 6.51. The normalized spacial score (nSPS) is 23.5. The van der Waals surface area contributed by atoms with E-state index in [-0.39, 0.29) is 17.8 Å². The first-order chi connectivity index (χ1) is 11.7. The predicted molar refractivity (Wildman–Crippen MR) is 89.4 cm³/mol. The van der Waals surface area contributed by atoms with Gasteiger partial charge < -0.3 is 14.8 Å². The average Bonchev–Trinajstić information content (AvgIpc) is 3.21. The van der Waals surface area contributed by atoms with Gasteiger partial charge >= 0.3 is 0 Å². The molecule has 0 saturated carbocycles. The minimum Gasteiger partial charge on any atom is -0.335 e. The van der Waals surface area contributed by atoms with Crippen LogP contribution in [0.15, 0.2) is 36.7 Å². The number of nitrogens with one attached hydrogen (secondary N) is 1. The molecule has 2 aliphatic heterocycles. The highest BCUT2D eigenvalue weighted by atomic mass is 19.1. The lowest BCUT2D eigenvalue weighted by Crippen LogP contribution is -2.41. The maximum absolute atomic E-state index is 13.9. The Labute approximate surface area is 140 Å². The van der Waals surface area contributed by atoms with E-state index in [2.05, 4.69) is 14.9 Å². The summed E-state index contributed by atoms with van der Waals surface area (Å²) in [5.41, 5.74) is 0.375. The summed E-state index contributed by atoms with van der Waals surface area (Å²) in [5.74, 6) is 1.05. The van der Waals surface area contributed by atoms with Gasteiger partial charge in [-0.25, -0.2) is 9.37 Å². The number of imidazole rings is 1. The molecule has 0 radical (unpaired) electrons. The molecule has 5 nitrogen and oxygen atoms in total. The predicted octanol–water partition coefficient (Wildman–Crippen LogP) is 2.29. The number of carbonyl (C=O) groups is 1. The minimum atomic E-state index is -0.346. The summed E-state index contributed by atoms with van der Waals surface area (Å²) in [6.45, 7) is 2.31. The van der Waals surface area contributed by atoms with Gasteiger partial charge in [0, 0.05) is 37.9 Å². The number of hydrogen-bond acceptors (Lipinski definition) is 3. The van der Waals surface area contributed by atoms with Crippen molar-refractivity contribution in [3.63, 3.8) is 0 Å². The van der Waals surface area contributed by atoms with E-state index >= 15 is 0 Å². The lowest BCUT2D eigenvalue weighted by Gasteiger charge is -2.25. The molecular weight excluding hydrogens is 307 g/mol. The van der Waals surface area contributed by atoms with Gasteiger partial charge in [-0.1, -0.05) is 12.1 Å². The minimum absolute atomic E-state index is 0.0424. The number of halogens is 1. The fraction of sp³-hybridized carbons (Fsp3) is 0.444. The maximum Gasteiger partial charge on any atom is 0.244 e. The van der Waals surface area contributed by atoms with Gasteiger partial charge in [0.2, 0.25) is 5.91 Å². The van der Waals surface area contributed by atoms with Crippen molar-refractivity contribution in [3.05, 3.63) is 48.3 Å². The Kier molecular flexibility index (Phi) is 4.06. The van der Waals surface area contributed by atoms with Crippen LogP contribution in [0.5, 0.6) is 0 Å². The molecule has 3 heterocycles. The SMILES string of the molecule is O=C1[C@@H](NC[C@@H]2CCCn3ccnc32)CCN1c1ccccc1F. The second kappa shape index (κ2) is 6.36. The summed E-state index contributed by atoms with van der Waals surface area (Å²) in [4.78, 5) is 18.6. The van der Waals surface area contributed by atoms with Crippen molar-refractivity contribution >= 4 is 11.6 Å². The smallest absolute Gasteiger partial charge is 0.244 e. The number of amides is 1. The van der Waals surface area contributed by atoms with Crippen LogP contribution in [0, 0.1) is 5.82 Å². The maximum atomic E-state index is 13.9. The van der Waals surface area contributed by atoms with Crippen molar-refractivity contribution < 1.29 is 9.18 Å². The molecule has 2 aliphatic rings. The highest BCUT2D eigenvalue weighted by Crippen LogP contribution is 2.27. The molecule has 0 unspecified atom stereocenters. The van der Waals surface area contributed by atoms with E-state index in [9.17, 15) is 9.18 Å². The Hall–Kier alpha value is -2.21. The summed E-state index contributed by atoms with van der Waals surface area (Å²) in [5, 5.41) is 3.38. The summed E-state index contributed by atoms with van der Waals surface area (Å²) < 4.78 is 16.1. The fourth-order valence-corrected chi connectivity index (χ4v) is 3.76. The highest BCUT2D eigenvalue weighted by molar-refractivity contribution is 5.99. The van der Waals surface area contributed by atoms with Crippen molar-refractivity contribution in [3.8, 4) is 0 Å². The van der Waals surface area contributed by atoms with Crippen molar-refractivity contribution in [2.24, 2.45) is 0 Å². The Bertz CT molecular complexity index is 744.